The lowest BCUT2D eigenvalue weighted by atomic mass is 10.1. The summed E-state index contributed by atoms with van der Waals surface area (Å²) in [5.41, 5.74) is 1.74. The summed E-state index contributed by atoms with van der Waals surface area (Å²) in [7, 11) is 0. The van der Waals surface area contributed by atoms with Gasteiger partial charge in [0.25, 0.3) is 0 Å². The van der Waals surface area contributed by atoms with Gasteiger partial charge in [0.1, 0.15) is 5.01 Å². The number of aromatic nitrogens is 1. The van der Waals surface area contributed by atoms with Crippen LogP contribution >= 0.6 is 22.9 Å². The quantitative estimate of drug-likeness (QED) is 0.806. The molecule has 0 radical (unpaired) electrons. The molecule has 0 N–H and O–H groups in total. The fourth-order valence-corrected chi connectivity index (χ4v) is 2.55. The first-order chi connectivity index (χ1) is 8.76. The van der Waals surface area contributed by atoms with Crippen molar-refractivity contribution in [2.24, 2.45) is 0 Å². The first-order valence-electron chi connectivity index (χ1n) is 5.25. The van der Waals surface area contributed by atoms with Crippen molar-refractivity contribution in [3.8, 4) is 17.3 Å². The van der Waals surface area contributed by atoms with Gasteiger partial charge >= 0.3 is 0 Å². The number of carbonyl (C=O) groups excluding carboxylic acids is 1. The molecule has 0 aliphatic heterocycles. The molecule has 90 valence electrons. The van der Waals surface area contributed by atoms with Crippen molar-refractivity contribution in [1.82, 2.24) is 4.98 Å². The number of Topliss-reactive ketones (excluding diaryl/α,β-unsaturated/α-hetero) is 1. The maximum atomic E-state index is 11.5. The average molecular weight is 277 g/mol. The minimum atomic E-state index is -0.857. The van der Waals surface area contributed by atoms with Crippen LogP contribution in [-0.4, -0.2) is 16.6 Å². The van der Waals surface area contributed by atoms with Crippen molar-refractivity contribution in [2.45, 2.75) is 5.92 Å². The molecule has 0 aliphatic carbocycles. The van der Waals surface area contributed by atoms with Crippen molar-refractivity contribution in [3.63, 3.8) is 0 Å². The number of nitriles is 1. The number of benzene rings is 1. The van der Waals surface area contributed by atoms with E-state index in [1.54, 1.807) is 0 Å². The Kier molecular flexibility index (Phi) is 4.08. The first kappa shape index (κ1) is 12.7. The molecule has 0 unspecified atom stereocenters. The van der Waals surface area contributed by atoms with E-state index >= 15 is 0 Å². The third-order valence-corrected chi connectivity index (χ3v) is 3.59. The zero-order valence-electron chi connectivity index (χ0n) is 9.34. The molecular weight excluding hydrogens is 268 g/mol. The highest BCUT2D eigenvalue weighted by atomic mass is 35.5. The van der Waals surface area contributed by atoms with E-state index in [9.17, 15) is 4.79 Å². The van der Waals surface area contributed by atoms with Gasteiger partial charge in [-0.3, -0.25) is 4.79 Å². The predicted molar refractivity (Wildman–Crippen MR) is 71.6 cm³/mol. The fourth-order valence-electron chi connectivity index (χ4n) is 1.50. The maximum absolute atomic E-state index is 11.5. The Morgan fingerprint density at radius 1 is 1.44 bits per heavy atom. The lowest BCUT2D eigenvalue weighted by Gasteiger charge is -2.00. The molecule has 3 nitrogen and oxygen atoms in total. The second kappa shape index (κ2) is 5.76. The molecule has 1 aromatic carbocycles. The van der Waals surface area contributed by atoms with Crippen molar-refractivity contribution in [3.05, 3.63) is 40.7 Å². The number of halogens is 1. The highest BCUT2D eigenvalue weighted by Crippen LogP contribution is 2.26. The van der Waals surface area contributed by atoms with E-state index in [4.69, 9.17) is 16.9 Å². The van der Waals surface area contributed by atoms with Crippen LogP contribution in [0, 0.1) is 11.3 Å². The van der Waals surface area contributed by atoms with Gasteiger partial charge in [0, 0.05) is 10.9 Å². The molecule has 2 aromatic rings. The van der Waals surface area contributed by atoms with Crippen LogP contribution in [0.15, 0.2) is 35.7 Å². The van der Waals surface area contributed by atoms with Crippen molar-refractivity contribution in [1.29, 1.82) is 5.26 Å². The van der Waals surface area contributed by atoms with E-state index in [0.717, 1.165) is 11.3 Å². The van der Waals surface area contributed by atoms with Crippen LogP contribution in [0.4, 0.5) is 0 Å². The van der Waals surface area contributed by atoms with E-state index < -0.39 is 5.92 Å². The first-order valence-corrected chi connectivity index (χ1v) is 6.67. The van der Waals surface area contributed by atoms with E-state index in [1.807, 2.05) is 41.8 Å². The minimum absolute atomic E-state index is 0.168. The zero-order chi connectivity index (χ0) is 13.0. The molecule has 0 aliphatic rings. The maximum Gasteiger partial charge on any atom is 0.171 e. The number of hydrogen-bond donors (Lipinski definition) is 0. The van der Waals surface area contributed by atoms with E-state index in [-0.39, 0.29) is 11.7 Å². The Morgan fingerprint density at radius 2 is 2.17 bits per heavy atom. The third kappa shape index (κ3) is 2.58. The second-order valence-corrected chi connectivity index (χ2v) is 4.76. The van der Waals surface area contributed by atoms with Crippen molar-refractivity contribution in [2.75, 3.05) is 5.88 Å². The minimum Gasteiger partial charge on any atom is -0.296 e. The van der Waals surface area contributed by atoms with Gasteiger partial charge in [0.15, 0.2) is 11.7 Å². The van der Waals surface area contributed by atoms with E-state index in [1.165, 1.54) is 11.3 Å². The monoisotopic (exact) mass is 276 g/mol. The van der Waals surface area contributed by atoms with Crippen LogP contribution in [0.5, 0.6) is 0 Å². The van der Waals surface area contributed by atoms with Gasteiger partial charge in [0.05, 0.1) is 17.6 Å². The number of hydrogen-bond acceptors (Lipinski definition) is 4. The summed E-state index contributed by atoms with van der Waals surface area (Å²) in [4.78, 5) is 15.8. The number of thiazole rings is 1. The lowest BCUT2D eigenvalue weighted by molar-refractivity contribution is -0.117. The Bertz CT molecular complexity index is 589. The van der Waals surface area contributed by atoms with Gasteiger partial charge in [-0.2, -0.15) is 5.26 Å². The van der Waals surface area contributed by atoms with Crippen LogP contribution in [0.2, 0.25) is 0 Å². The molecule has 0 saturated carbocycles. The Labute approximate surface area is 114 Å². The van der Waals surface area contributed by atoms with Gasteiger partial charge in [-0.05, 0) is 0 Å². The molecule has 2 rings (SSSR count). The smallest absolute Gasteiger partial charge is 0.171 e. The highest BCUT2D eigenvalue weighted by molar-refractivity contribution is 7.10. The molecule has 1 heterocycles. The van der Waals surface area contributed by atoms with Gasteiger partial charge in [-0.25, -0.2) is 4.98 Å². The van der Waals surface area contributed by atoms with Gasteiger partial charge < -0.3 is 0 Å². The van der Waals surface area contributed by atoms with Crippen LogP contribution in [-0.2, 0) is 4.79 Å². The Balaban J connectivity index is 2.31. The third-order valence-electron chi connectivity index (χ3n) is 2.42. The number of nitrogens with zero attached hydrogens (tertiary/aromatic N) is 2. The summed E-state index contributed by atoms with van der Waals surface area (Å²) >= 11 is 6.78. The molecule has 0 bridgehead atoms. The van der Waals surface area contributed by atoms with Gasteiger partial charge in [-0.1, -0.05) is 30.3 Å². The van der Waals surface area contributed by atoms with E-state index in [0.29, 0.717) is 5.01 Å². The molecular formula is C13H9ClN2OS. The largest absolute Gasteiger partial charge is 0.296 e. The molecule has 1 aromatic heterocycles. The van der Waals surface area contributed by atoms with Crippen molar-refractivity contribution < 1.29 is 4.79 Å². The Morgan fingerprint density at radius 3 is 2.78 bits per heavy atom. The van der Waals surface area contributed by atoms with Crippen LogP contribution in [0.3, 0.4) is 0 Å². The molecule has 18 heavy (non-hydrogen) atoms. The normalized spacial score (nSPS) is 11.8. The zero-order valence-corrected chi connectivity index (χ0v) is 10.9. The molecule has 0 spiro atoms. The average Bonchev–Trinajstić information content (AvgIpc) is 2.90. The summed E-state index contributed by atoms with van der Waals surface area (Å²) in [6.07, 6.45) is 0. The van der Waals surface area contributed by atoms with Gasteiger partial charge in [0.2, 0.25) is 0 Å². The van der Waals surface area contributed by atoms with Crippen LogP contribution in [0.25, 0.3) is 11.3 Å². The topological polar surface area (TPSA) is 53.8 Å². The molecule has 0 fully saturated rings. The molecule has 0 saturated heterocycles. The number of carbonyl (C=O) groups is 1. The standard InChI is InChI=1S/C13H9ClN2OS/c14-6-12(17)10(7-15)13-16-11(8-18-13)9-4-2-1-3-5-9/h1-5,8,10H,6H2/t10-/m1/s1. The fraction of sp³-hybridized carbons (Fsp3) is 0.154. The van der Waals surface area contributed by atoms with Gasteiger partial charge in [-0.15, -0.1) is 22.9 Å². The number of ketones is 1. The Hall–Kier alpha value is -1.70. The van der Waals surface area contributed by atoms with Crippen LogP contribution < -0.4 is 0 Å². The summed E-state index contributed by atoms with van der Waals surface area (Å²) in [5.74, 6) is -1.34. The summed E-state index contributed by atoms with van der Waals surface area (Å²) in [5, 5.41) is 11.3. The SMILES string of the molecule is N#C[C@H](C(=O)CCl)c1nc(-c2ccccc2)cs1. The lowest BCUT2D eigenvalue weighted by Crippen LogP contribution is -2.11. The van der Waals surface area contributed by atoms with Crippen molar-refractivity contribution >= 4 is 28.7 Å². The molecule has 0 amide bonds. The van der Waals surface area contributed by atoms with E-state index in [2.05, 4.69) is 4.98 Å². The summed E-state index contributed by atoms with van der Waals surface area (Å²) in [6.45, 7) is 0. The highest BCUT2D eigenvalue weighted by Gasteiger charge is 2.22. The predicted octanol–water partition coefficient (Wildman–Crippen LogP) is 3.23. The summed E-state index contributed by atoms with van der Waals surface area (Å²) < 4.78 is 0. The number of rotatable bonds is 4. The molecule has 1 atom stereocenters. The second-order valence-electron chi connectivity index (χ2n) is 3.60. The molecule has 5 heteroatoms. The van der Waals surface area contributed by atoms with Crippen LogP contribution in [0.1, 0.15) is 10.9 Å². The number of alkyl halides is 1. The summed E-state index contributed by atoms with van der Waals surface area (Å²) in [6, 6.07) is 11.6.